The molecule has 0 saturated heterocycles. The van der Waals surface area contributed by atoms with Crippen molar-refractivity contribution in [2.24, 2.45) is 0 Å². The zero-order chi connectivity index (χ0) is 17.9. The highest BCUT2D eigenvalue weighted by Gasteiger charge is 2.29. The molecule has 0 aliphatic rings. The van der Waals surface area contributed by atoms with Crippen molar-refractivity contribution in [2.75, 3.05) is 19.8 Å². The third-order valence-electron chi connectivity index (χ3n) is 2.58. The predicted molar refractivity (Wildman–Crippen MR) is 69.4 cm³/mol. The maximum atomic E-state index is 9.76. The van der Waals surface area contributed by atoms with Gasteiger partial charge in [-0.1, -0.05) is 0 Å². The van der Waals surface area contributed by atoms with Crippen LogP contribution in [0.25, 0.3) is 0 Å². The lowest BCUT2D eigenvalue weighted by atomic mass is 10.0. The van der Waals surface area contributed by atoms with Gasteiger partial charge in [0.05, 0.1) is 19.8 Å². The molecule has 0 aromatic rings. The van der Waals surface area contributed by atoms with E-state index in [1.165, 1.54) is 0 Å². The van der Waals surface area contributed by atoms with Gasteiger partial charge in [0.15, 0.2) is 6.29 Å². The van der Waals surface area contributed by atoms with Gasteiger partial charge < -0.3 is 55.9 Å². The molecule has 0 aromatic carbocycles. The Kier molecular flexibility index (Phi) is 13.7. The number of carbonyl (C=O) groups is 1. The maximum Gasteiger partial charge on any atom is 0.151 e. The summed E-state index contributed by atoms with van der Waals surface area (Å²) in [4.78, 5) is 9.76. The molecular formula is C11H24O11. The first-order valence-corrected chi connectivity index (χ1v) is 6.22. The number of hydrogen-bond acceptors (Lipinski definition) is 11. The van der Waals surface area contributed by atoms with Gasteiger partial charge in [0.2, 0.25) is 0 Å². The fourth-order valence-electron chi connectivity index (χ4n) is 1.09. The van der Waals surface area contributed by atoms with Gasteiger partial charge in [-0.25, -0.2) is 0 Å². The third kappa shape index (κ3) is 8.65. The van der Waals surface area contributed by atoms with Crippen LogP contribution in [0.4, 0.5) is 0 Å². The average molecular weight is 332 g/mol. The van der Waals surface area contributed by atoms with E-state index in [2.05, 4.69) is 0 Å². The zero-order valence-electron chi connectivity index (χ0n) is 11.6. The summed E-state index contributed by atoms with van der Waals surface area (Å²) in [5.74, 6) is 0. The van der Waals surface area contributed by atoms with Crippen LogP contribution in [0.5, 0.6) is 0 Å². The van der Waals surface area contributed by atoms with Gasteiger partial charge in [0.1, 0.15) is 42.7 Å². The van der Waals surface area contributed by atoms with E-state index in [0.29, 0.717) is 0 Å². The lowest BCUT2D eigenvalue weighted by molar-refractivity contribution is -0.127. The zero-order valence-corrected chi connectivity index (χ0v) is 11.6. The van der Waals surface area contributed by atoms with Crippen molar-refractivity contribution in [3.63, 3.8) is 0 Å². The second-order valence-electron chi connectivity index (χ2n) is 4.35. The number of aldehydes is 1. The Bertz CT molecular complexity index is 263. The van der Waals surface area contributed by atoms with Crippen LogP contribution in [-0.2, 0) is 4.79 Å². The first-order valence-electron chi connectivity index (χ1n) is 6.22. The SMILES string of the molecule is O=C[C@H](O)[C@@H](O)[C@@H](O)CO.OC[C@@H](O)[C@@H](O)[C@H](O)[C@H](O)CO. The smallest absolute Gasteiger partial charge is 0.151 e. The topological polar surface area (TPSA) is 219 Å². The molecule has 10 N–H and O–H groups in total. The van der Waals surface area contributed by atoms with Gasteiger partial charge in [0, 0.05) is 0 Å². The highest BCUT2D eigenvalue weighted by Crippen LogP contribution is 2.04. The second-order valence-corrected chi connectivity index (χ2v) is 4.35. The van der Waals surface area contributed by atoms with Crippen molar-refractivity contribution < 1.29 is 55.9 Å². The Morgan fingerprint density at radius 3 is 1.09 bits per heavy atom. The van der Waals surface area contributed by atoms with Crippen LogP contribution >= 0.6 is 0 Å². The van der Waals surface area contributed by atoms with Crippen LogP contribution in [0.1, 0.15) is 0 Å². The van der Waals surface area contributed by atoms with E-state index >= 15 is 0 Å². The van der Waals surface area contributed by atoms with Crippen LogP contribution in [-0.4, -0.2) is 120 Å². The van der Waals surface area contributed by atoms with Gasteiger partial charge in [-0.15, -0.1) is 0 Å². The summed E-state index contributed by atoms with van der Waals surface area (Å²) >= 11 is 0. The van der Waals surface area contributed by atoms with Crippen LogP contribution in [0.2, 0.25) is 0 Å². The van der Waals surface area contributed by atoms with Gasteiger partial charge >= 0.3 is 0 Å². The summed E-state index contributed by atoms with van der Waals surface area (Å²) in [7, 11) is 0. The molecule has 0 aromatic heterocycles. The molecule has 134 valence electrons. The molecule has 11 heteroatoms. The molecular weight excluding hydrogens is 308 g/mol. The van der Waals surface area contributed by atoms with E-state index in [4.69, 9.17) is 51.1 Å². The number of aliphatic hydroxyl groups excluding tert-OH is 10. The summed E-state index contributed by atoms with van der Waals surface area (Å²) in [6.07, 6.45) is -11.0. The van der Waals surface area contributed by atoms with Crippen LogP contribution in [0, 0.1) is 0 Å². The lowest BCUT2D eigenvalue weighted by Crippen LogP contribution is -2.46. The first kappa shape index (κ1) is 23.5. The minimum absolute atomic E-state index is 0.0869. The molecule has 11 nitrogen and oxygen atoms in total. The number of hydrogen-bond donors (Lipinski definition) is 10. The van der Waals surface area contributed by atoms with E-state index in [0.717, 1.165) is 0 Å². The van der Waals surface area contributed by atoms with Crippen LogP contribution in [0.15, 0.2) is 0 Å². The molecule has 0 spiro atoms. The van der Waals surface area contributed by atoms with E-state index < -0.39 is 62.5 Å². The Morgan fingerprint density at radius 2 is 0.864 bits per heavy atom. The van der Waals surface area contributed by atoms with E-state index in [1.54, 1.807) is 0 Å². The van der Waals surface area contributed by atoms with Gasteiger partial charge in [0.25, 0.3) is 0 Å². The lowest BCUT2D eigenvalue weighted by Gasteiger charge is -2.24. The summed E-state index contributed by atoms with van der Waals surface area (Å²) in [6.45, 7) is -2.14. The van der Waals surface area contributed by atoms with Crippen LogP contribution in [0.3, 0.4) is 0 Å². The van der Waals surface area contributed by atoms with Crippen molar-refractivity contribution in [3.05, 3.63) is 0 Å². The summed E-state index contributed by atoms with van der Waals surface area (Å²) in [6, 6.07) is 0. The van der Waals surface area contributed by atoms with Crippen molar-refractivity contribution >= 4 is 6.29 Å². The molecule has 0 bridgehead atoms. The minimum Gasteiger partial charge on any atom is -0.394 e. The van der Waals surface area contributed by atoms with Gasteiger partial charge in [-0.2, -0.15) is 0 Å². The molecule has 0 rings (SSSR count). The Morgan fingerprint density at radius 1 is 0.591 bits per heavy atom. The van der Waals surface area contributed by atoms with Crippen molar-refractivity contribution in [1.82, 2.24) is 0 Å². The summed E-state index contributed by atoms with van der Waals surface area (Å²) in [5, 5.41) is 86.2. The highest BCUT2D eigenvalue weighted by molar-refractivity contribution is 5.56. The standard InChI is InChI=1S/C6H14O6.C5H10O5/c7-1-3(9)5(11)6(12)4(10)2-8;6-1-3(8)5(10)4(9)2-7/h3-12H,1-2H2;1,3-5,7-10H,2H2/t3-,4-,5-,6-;3-,4-,5+/m10/s1. The Hall–Kier alpha value is -0.730. The summed E-state index contributed by atoms with van der Waals surface area (Å²) in [5.41, 5.74) is 0. The number of rotatable bonds is 9. The molecule has 0 radical (unpaired) electrons. The molecule has 0 amide bonds. The normalized spacial score (nSPS) is 20.6. The van der Waals surface area contributed by atoms with Gasteiger partial charge in [-0.05, 0) is 0 Å². The van der Waals surface area contributed by atoms with E-state index in [-0.39, 0.29) is 6.29 Å². The largest absolute Gasteiger partial charge is 0.394 e. The first-order chi connectivity index (χ1) is 10.2. The minimum atomic E-state index is -1.67. The van der Waals surface area contributed by atoms with Crippen LogP contribution < -0.4 is 0 Å². The van der Waals surface area contributed by atoms with Crippen molar-refractivity contribution in [2.45, 2.75) is 42.7 Å². The molecule has 0 fully saturated rings. The third-order valence-corrected chi connectivity index (χ3v) is 2.58. The molecule has 0 unspecified atom stereocenters. The van der Waals surface area contributed by atoms with Crippen molar-refractivity contribution in [1.29, 1.82) is 0 Å². The average Bonchev–Trinajstić information content (AvgIpc) is 2.56. The number of carbonyl (C=O) groups excluding carboxylic acids is 1. The molecule has 7 atom stereocenters. The fourth-order valence-corrected chi connectivity index (χ4v) is 1.09. The van der Waals surface area contributed by atoms with E-state index in [9.17, 15) is 4.79 Å². The maximum absolute atomic E-state index is 9.76. The Labute approximate surface area is 125 Å². The van der Waals surface area contributed by atoms with Crippen molar-refractivity contribution in [3.8, 4) is 0 Å². The van der Waals surface area contributed by atoms with E-state index in [1.807, 2.05) is 0 Å². The molecule has 0 saturated carbocycles. The fraction of sp³-hybridized carbons (Fsp3) is 0.909. The second kappa shape index (κ2) is 12.8. The quantitative estimate of drug-likeness (QED) is 0.179. The predicted octanol–water partition coefficient (Wildman–Crippen LogP) is -6.33. The highest BCUT2D eigenvalue weighted by atomic mass is 16.4. The Balaban J connectivity index is 0. The molecule has 0 heterocycles. The molecule has 22 heavy (non-hydrogen) atoms. The molecule has 0 aliphatic heterocycles. The monoisotopic (exact) mass is 332 g/mol. The van der Waals surface area contributed by atoms with Gasteiger partial charge in [-0.3, -0.25) is 0 Å². The molecule has 0 aliphatic carbocycles. The number of aliphatic hydroxyl groups is 10. The summed E-state index contributed by atoms with van der Waals surface area (Å²) < 4.78 is 0.